The van der Waals surface area contributed by atoms with E-state index in [-0.39, 0.29) is 12.0 Å². The van der Waals surface area contributed by atoms with E-state index in [9.17, 15) is 0 Å². The van der Waals surface area contributed by atoms with Crippen LogP contribution >= 0.6 is 0 Å². The van der Waals surface area contributed by atoms with Gasteiger partial charge in [0.05, 0.1) is 19.8 Å². The van der Waals surface area contributed by atoms with Gasteiger partial charge in [-0.3, -0.25) is 9.88 Å². The van der Waals surface area contributed by atoms with Gasteiger partial charge in [-0.05, 0) is 37.6 Å². The predicted molar refractivity (Wildman–Crippen MR) is 85.5 cm³/mol. The second kappa shape index (κ2) is 7.51. The van der Waals surface area contributed by atoms with Crippen LogP contribution in [0.2, 0.25) is 0 Å². The van der Waals surface area contributed by atoms with Gasteiger partial charge in [-0.2, -0.15) is 0 Å². The van der Waals surface area contributed by atoms with Crippen LogP contribution in [-0.4, -0.2) is 72.4 Å². The molecule has 0 atom stereocenters. The summed E-state index contributed by atoms with van der Waals surface area (Å²) in [6.45, 7) is 7.97. The summed E-state index contributed by atoms with van der Waals surface area (Å²) in [4.78, 5) is 9.10. The molecule has 0 radical (unpaired) electrons. The van der Waals surface area contributed by atoms with Crippen molar-refractivity contribution in [3.05, 3.63) is 30.1 Å². The van der Waals surface area contributed by atoms with Crippen molar-refractivity contribution < 1.29 is 9.84 Å². The van der Waals surface area contributed by atoms with E-state index in [1.807, 2.05) is 18.5 Å². The Morgan fingerprint density at radius 2 is 2.09 bits per heavy atom. The number of aliphatic hydroxyl groups is 1. The zero-order chi connectivity index (χ0) is 15.3. The van der Waals surface area contributed by atoms with Gasteiger partial charge in [0.2, 0.25) is 0 Å². The van der Waals surface area contributed by atoms with Gasteiger partial charge in [0.1, 0.15) is 0 Å². The molecule has 2 saturated heterocycles. The van der Waals surface area contributed by atoms with Crippen LogP contribution in [0.4, 0.5) is 0 Å². The van der Waals surface area contributed by atoms with Crippen LogP contribution in [0.1, 0.15) is 18.4 Å². The fraction of sp³-hybridized carbons (Fsp3) is 0.706. The molecule has 122 valence electrons. The topological polar surface area (TPSA) is 48.8 Å². The van der Waals surface area contributed by atoms with Crippen molar-refractivity contribution in [2.45, 2.75) is 19.4 Å². The molecule has 1 aromatic rings. The van der Waals surface area contributed by atoms with E-state index >= 15 is 0 Å². The minimum Gasteiger partial charge on any atom is -0.395 e. The van der Waals surface area contributed by atoms with E-state index in [0.29, 0.717) is 0 Å². The summed E-state index contributed by atoms with van der Waals surface area (Å²) in [7, 11) is 0. The molecule has 0 bridgehead atoms. The smallest absolute Gasteiger partial charge is 0.0593 e. The van der Waals surface area contributed by atoms with Crippen molar-refractivity contribution in [2.75, 3.05) is 52.5 Å². The van der Waals surface area contributed by atoms with Gasteiger partial charge in [-0.25, -0.2) is 0 Å². The van der Waals surface area contributed by atoms with E-state index in [4.69, 9.17) is 9.84 Å². The highest BCUT2D eigenvalue weighted by Gasteiger charge is 2.37. The fourth-order valence-corrected chi connectivity index (χ4v) is 3.66. The minimum absolute atomic E-state index is 0.261. The number of ether oxygens (including phenoxy) is 1. The molecule has 3 rings (SSSR count). The Hall–Kier alpha value is -1.01. The number of pyridine rings is 1. The lowest BCUT2D eigenvalue weighted by Gasteiger charge is -2.42. The molecular formula is C17H27N3O2. The van der Waals surface area contributed by atoms with Crippen molar-refractivity contribution in [3.8, 4) is 0 Å². The van der Waals surface area contributed by atoms with Crippen molar-refractivity contribution in [1.29, 1.82) is 0 Å². The molecule has 1 aromatic heterocycles. The van der Waals surface area contributed by atoms with Crippen molar-refractivity contribution in [3.63, 3.8) is 0 Å². The normalized spacial score (nSPS) is 23.5. The van der Waals surface area contributed by atoms with Crippen molar-refractivity contribution in [2.24, 2.45) is 5.41 Å². The third-order valence-corrected chi connectivity index (χ3v) is 4.98. The highest BCUT2D eigenvalue weighted by Crippen LogP contribution is 2.34. The molecule has 0 amide bonds. The molecule has 5 nitrogen and oxygen atoms in total. The lowest BCUT2D eigenvalue weighted by atomic mass is 9.78. The molecule has 0 unspecified atom stereocenters. The quantitative estimate of drug-likeness (QED) is 0.899. The predicted octanol–water partition coefficient (Wildman–Crippen LogP) is 0.988. The number of nitrogens with zero attached hydrogens (tertiary/aromatic N) is 3. The SMILES string of the molecule is OCCN1CCC2(CC1)COCCN(Cc1cccnc1)C2. The number of likely N-dealkylation sites (tertiary alicyclic amines) is 1. The summed E-state index contributed by atoms with van der Waals surface area (Å²) in [5.41, 5.74) is 1.56. The number of hydrogen-bond acceptors (Lipinski definition) is 5. The molecule has 5 heteroatoms. The molecule has 1 spiro atoms. The van der Waals surface area contributed by atoms with Crippen LogP contribution < -0.4 is 0 Å². The fourth-order valence-electron chi connectivity index (χ4n) is 3.66. The zero-order valence-electron chi connectivity index (χ0n) is 13.3. The Labute approximate surface area is 132 Å². The van der Waals surface area contributed by atoms with Gasteiger partial charge in [0.25, 0.3) is 0 Å². The summed E-state index contributed by atoms with van der Waals surface area (Å²) in [6.07, 6.45) is 6.11. The third kappa shape index (κ3) is 4.04. The standard InChI is InChI=1S/C17H27N3O2/c21-10-8-19-6-3-17(4-7-19)14-20(9-11-22-15-17)13-16-2-1-5-18-12-16/h1-2,5,12,21H,3-4,6-11,13-15H2. The first-order valence-corrected chi connectivity index (χ1v) is 8.32. The zero-order valence-corrected chi connectivity index (χ0v) is 13.3. The largest absolute Gasteiger partial charge is 0.395 e. The highest BCUT2D eigenvalue weighted by molar-refractivity contribution is 5.08. The summed E-state index contributed by atoms with van der Waals surface area (Å²) in [6, 6.07) is 4.15. The van der Waals surface area contributed by atoms with E-state index < -0.39 is 0 Å². The second-order valence-corrected chi connectivity index (χ2v) is 6.69. The van der Waals surface area contributed by atoms with E-state index in [1.165, 1.54) is 5.56 Å². The Bertz CT molecular complexity index is 446. The van der Waals surface area contributed by atoms with Gasteiger partial charge < -0.3 is 14.7 Å². The molecule has 0 aromatic carbocycles. The average Bonchev–Trinajstić information content (AvgIpc) is 2.74. The van der Waals surface area contributed by atoms with Gasteiger partial charge in [-0.1, -0.05) is 6.07 Å². The lowest BCUT2D eigenvalue weighted by Crippen LogP contribution is -2.47. The maximum Gasteiger partial charge on any atom is 0.0593 e. The highest BCUT2D eigenvalue weighted by atomic mass is 16.5. The Morgan fingerprint density at radius 3 is 2.82 bits per heavy atom. The molecule has 3 heterocycles. The summed E-state index contributed by atoms with van der Waals surface area (Å²) in [5, 5.41) is 9.09. The molecular weight excluding hydrogens is 278 g/mol. The van der Waals surface area contributed by atoms with Crippen LogP contribution in [0, 0.1) is 5.41 Å². The maximum atomic E-state index is 9.09. The first-order valence-electron chi connectivity index (χ1n) is 8.32. The van der Waals surface area contributed by atoms with Crippen LogP contribution in [0.3, 0.4) is 0 Å². The Morgan fingerprint density at radius 1 is 1.23 bits per heavy atom. The number of aliphatic hydroxyl groups excluding tert-OH is 1. The molecule has 1 N–H and O–H groups in total. The third-order valence-electron chi connectivity index (χ3n) is 4.98. The van der Waals surface area contributed by atoms with Crippen molar-refractivity contribution >= 4 is 0 Å². The number of β-amino-alcohol motifs (C(OH)–C–C–N with tert-alkyl or cyclic N) is 1. The summed E-state index contributed by atoms with van der Waals surface area (Å²) >= 11 is 0. The van der Waals surface area contributed by atoms with Crippen molar-refractivity contribution in [1.82, 2.24) is 14.8 Å². The van der Waals surface area contributed by atoms with Crippen LogP contribution in [0.5, 0.6) is 0 Å². The lowest BCUT2D eigenvalue weighted by molar-refractivity contribution is 0.0110. The van der Waals surface area contributed by atoms with Crippen LogP contribution in [0.25, 0.3) is 0 Å². The summed E-state index contributed by atoms with van der Waals surface area (Å²) in [5.74, 6) is 0. The Balaban J connectivity index is 1.60. The van der Waals surface area contributed by atoms with Crippen LogP contribution in [0.15, 0.2) is 24.5 Å². The number of hydrogen-bond donors (Lipinski definition) is 1. The number of aromatic nitrogens is 1. The minimum atomic E-state index is 0.261. The van der Waals surface area contributed by atoms with Crippen LogP contribution in [-0.2, 0) is 11.3 Å². The van der Waals surface area contributed by atoms with E-state index in [2.05, 4.69) is 20.9 Å². The molecule has 2 aliphatic heterocycles. The van der Waals surface area contributed by atoms with E-state index in [1.54, 1.807) is 0 Å². The molecule has 0 saturated carbocycles. The molecule has 2 fully saturated rings. The van der Waals surface area contributed by atoms with E-state index in [0.717, 1.165) is 65.3 Å². The molecule has 0 aliphatic carbocycles. The maximum absolute atomic E-state index is 9.09. The first-order chi connectivity index (χ1) is 10.8. The molecule has 22 heavy (non-hydrogen) atoms. The average molecular weight is 305 g/mol. The Kier molecular flexibility index (Phi) is 5.41. The van der Waals surface area contributed by atoms with Gasteiger partial charge in [0, 0.05) is 44.0 Å². The molecule has 2 aliphatic rings. The monoisotopic (exact) mass is 305 g/mol. The van der Waals surface area contributed by atoms with Gasteiger partial charge in [0.15, 0.2) is 0 Å². The first kappa shape index (κ1) is 15.9. The van der Waals surface area contributed by atoms with Gasteiger partial charge >= 0.3 is 0 Å². The number of piperidine rings is 1. The second-order valence-electron chi connectivity index (χ2n) is 6.69. The summed E-state index contributed by atoms with van der Waals surface area (Å²) < 4.78 is 5.93. The van der Waals surface area contributed by atoms with Gasteiger partial charge in [-0.15, -0.1) is 0 Å². The number of rotatable bonds is 4.